The van der Waals surface area contributed by atoms with Crippen molar-refractivity contribution in [2.24, 2.45) is 17.6 Å². The average molecular weight is 175 g/mol. The van der Waals surface area contributed by atoms with Gasteiger partial charge in [0.15, 0.2) is 0 Å². The maximum Gasteiger partial charge on any atom is 0.0954 e. The number of nitrogens with two attached hydrogens (primary N) is 1. The van der Waals surface area contributed by atoms with Crippen LogP contribution < -0.4 is 5.73 Å². The van der Waals surface area contributed by atoms with E-state index in [1.54, 1.807) is 0 Å². The second kappa shape index (κ2) is 4.80. The van der Waals surface area contributed by atoms with Crippen LogP contribution >= 0.6 is 0 Å². The standard InChI is InChI=1S/C9H21NO2/c1-5(2)7(10)9(12)8(11)6(3)4/h5-9,11-12H,10H2,1-4H3/t7-,8?,9?/m0/s1. The zero-order valence-electron chi connectivity index (χ0n) is 8.36. The van der Waals surface area contributed by atoms with Crippen molar-refractivity contribution in [2.75, 3.05) is 0 Å². The van der Waals surface area contributed by atoms with Gasteiger partial charge >= 0.3 is 0 Å². The third-order valence-electron chi connectivity index (χ3n) is 2.20. The van der Waals surface area contributed by atoms with Crippen molar-refractivity contribution in [2.45, 2.75) is 45.9 Å². The molecule has 0 amide bonds. The minimum absolute atomic E-state index is 0.0461. The summed E-state index contributed by atoms with van der Waals surface area (Å²) in [6.45, 7) is 7.59. The third-order valence-corrected chi connectivity index (χ3v) is 2.20. The molecule has 4 N–H and O–H groups in total. The minimum atomic E-state index is -0.815. The highest BCUT2D eigenvalue weighted by Gasteiger charge is 2.27. The first-order valence-electron chi connectivity index (χ1n) is 4.49. The monoisotopic (exact) mass is 175 g/mol. The van der Waals surface area contributed by atoms with E-state index in [0.29, 0.717) is 0 Å². The Morgan fingerprint density at radius 3 is 1.50 bits per heavy atom. The molecule has 0 heterocycles. The molecule has 0 fully saturated rings. The molecule has 0 rings (SSSR count). The Hall–Kier alpha value is -0.120. The Bertz CT molecular complexity index is 112. The van der Waals surface area contributed by atoms with Crippen LogP contribution in [0.1, 0.15) is 27.7 Å². The Kier molecular flexibility index (Phi) is 4.75. The summed E-state index contributed by atoms with van der Waals surface area (Å²) < 4.78 is 0. The zero-order valence-corrected chi connectivity index (χ0v) is 8.36. The number of aliphatic hydroxyl groups is 2. The summed E-state index contributed by atoms with van der Waals surface area (Å²) in [6, 6.07) is -0.345. The summed E-state index contributed by atoms with van der Waals surface area (Å²) >= 11 is 0. The van der Waals surface area contributed by atoms with Gasteiger partial charge in [-0.1, -0.05) is 27.7 Å². The van der Waals surface area contributed by atoms with Crippen LogP contribution in [0.2, 0.25) is 0 Å². The van der Waals surface area contributed by atoms with Crippen molar-refractivity contribution in [3.05, 3.63) is 0 Å². The summed E-state index contributed by atoms with van der Waals surface area (Å²) in [5, 5.41) is 19.0. The quantitative estimate of drug-likeness (QED) is 0.577. The fourth-order valence-corrected chi connectivity index (χ4v) is 1.02. The second-order valence-corrected chi connectivity index (χ2v) is 4.05. The highest BCUT2D eigenvalue weighted by Crippen LogP contribution is 2.12. The van der Waals surface area contributed by atoms with Gasteiger partial charge in [-0.25, -0.2) is 0 Å². The Labute approximate surface area is 74.6 Å². The maximum atomic E-state index is 9.55. The van der Waals surface area contributed by atoms with Crippen LogP contribution in [0.4, 0.5) is 0 Å². The highest BCUT2D eigenvalue weighted by atomic mass is 16.3. The minimum Gasteiger partial charge on any atom is -0.390 e. The molecule has 12 heavy (non-hydrogen) atoms. The lowest BCUT2D eigenvalue weighted by Crippen LogP contribution is -2.47. The number of aliphatic hydroxyl groups excluding tert-OH is 2. The molecule has 0 saturated carbocycles. The highest BCUT2D eigenvalue weighted by molar-refractivity contribution is 4.82. The molecule has 0 aliphatic heterocycles. The number of hydrogen-bond donors (Lipinski definition) is 3. The van der Waals surface area contributed by atoms with Crippen LogP contribution in [0.5, 0.6) is 0 Å². The van der Waals surface area contributed by atoms with Gasteiger partial charge in [0.2, 0.25) is 0 Å². The first kappa shape index (κ1) is 11.9. The van der Waals surface area contributed by atoms with E-state index in [-0.39, 0.29) is 17.9 Å². The van der Waals surface area contributed by atoms with E-state index in [0.717, 1.165) is 0 Å². The van der Waals surface area contributed by atoms with Gasteiger partial charge in [-0.3, -0.25) is 0 Å². The molecule has 74 valence electrons. The number of rotatable bonds is 4. The van der Waals surface area contributed by atoms with Gasteiger partial charge in [-0.05, 0) is 11.8 Å². The van der Waals surface area contributed by atoms with E-state index in [1.165, 1.54) is 0 Å². The molecule has 0 bridgehead atoms. The van der Waals surface area contributed by atoms with Crippen LogP contribution in [0.3, 0.4) is 0 Å². The van der Waals surface area contributed by atoms with Crippen molar-refractivity contribution in [3.63, 3.8) is 0 Å². The number of hydrogen-bond acceptors (Lipinski definition) is 3. The van der Waals surface area contributed by atoms with Crippen molar-refractivity contribution >= 4 is 0 Å². The van der Waals surface area contributed by atoms with Crippen LogP contribution in [0.15, 0.2) is 0 Å². The van der Waals surface area contributed by atoms with Crippen LogP contribution in [-0.2, 0) is 0 Å². The SMILES string of the molecule is CC(C)C(O)C(O)[C@@H](N)C(C)C. The van der Waals surface area contributed by atoms with Crippen molar-refractivity contribution < 1.29 is 10.2 Å². The fourth-order valence-electron chi connectivity index (χ4n) is 1.02. The largest absolute Gasteiger partial charge is 0.390 e. The van der Waals surface area contributed by atoms with E-state index < -0.39 is 12.2 Å². The molecule has 0 aromatic rings. The van der Waals surface area contributed by atoms with Gasteiger partial charge in [0.05, 0.1) is 12.2 Å². The van der Waals surface area contributed by atoms with E-state index in [2.05, 4.69) is 0 Å². The first-order chi connectivity index (χ1) is 5.37. The van der Waals surface area contributed by atoms with Gasteiger partial charge in [-0.2, -0.15) is 0 Å². The Balaban J connectivity index is 4.08. The smallest absolute Gasteiger partial charge is 0.0954 e. The summed E-state index contributed by atoms with van der Waals surface area (Å²) in [5.74, 6) is 0.234. The van der Waals surface area contributed by atoms with E-state index in [9.17, 15) is 10.2 Å². The van der Waals surface area contributed by atoms with Crippen LogP contribution in [-0.4, -0.2) is 28.5 Å². The van der Waals surface area contributed by atoms with Gasteiger partial charge < -0.3 is 15.9 Å². The molecule has 0 spiro atoms. The van der Waals surface area contributed by atoms with E-state index >= 15 is 0 Å². The molecular formula is C9H21NO2. The second-order valence-electron chi connectivity index (χ2n) is 4.05. The van der Waals surface area contributed by atoms with Gasteiger partial charge in [0, 0.05) is 6.04 Å². The normalized spacial score (nSPS) is 19.8. The summed E-state index contributed by atoms with van der Waals surface area (Å²) in [4.78, 5) is 0. The summed E-state index contributed by atoms with van der Waals surface area (Å²) in [7, 11) is 0. The third kappa shape index (κ3) is 3.09. The van der Waals surface area contributed by atoms with Crippen LogP contribution in [0, 0.1) is 11.8 Å². The predicted octanol–water partition coefficient (Wildman–Crippen LogP) is 0.347. The molecule has 0 saturated heterocycles. The molecular weight excluding hydrogens is 154 g/mol. The maximum absolute atomic E-state index is 9.55. The van der Waals surface area contributed by atoms with Crippen molar-refractivity contribution in [3.8, 4) is 0 Å². The summed E-state index contributed by atoms with van der Waals surface area (Å²) in [6.07, 6.45) is -1.53. The zero-order chi connectivity index (χ0) is 9.89. The van der Waals surface area contributed by atoms with E-state index in [1.807, 2.05) is 27.7 Å². The van der Waals surface area contributed by atoms with Gasteiger partial charge in [0.1, 0.15) is 0 Å². The lowest BCUT2D eigenvalue weighted by molar-refractivity contribution is -0.0287. The van der Waals surface area contributed by atoms with E-state index in [4.69, 9.17) is 5.73 Å². The molecule has 0 radical (unpaired) electrons. The molecule has 2 unspecified atom stereocenters. The predicted molar refractivity (Wildman–Crippen MR) is 49.7 cm³/mol. The van der Waals surface area contributed by atoms with Crippen LogP contribution in [0.25, 0.3) is 0 Å². The Morgan fingerprint density at radius 1 is 0.833 bits per heavy atom. The Morgan fingerprint density at radius 2 is 1.25 bits per heavy atom. The van der Waals surface area contributed by atoms with Crippen molar-refractivity contribution in [1.82, 2.24) is 0 Å². The molecule has 3 heteroatoms. The van der Waals surface area contributed by atoms with Gasteiger partial charge in [-0.15, -0.1) is 0 Å². The lowest BCUT2D eigenvalue weighted by Gasteiger charge is -2.28. The fraction of sp³-hybridized carbons (Fsp3) is 1.00. The lowest BCUT2D eigenvalue weighted by atomic mass is 9.91. The molecule has 0 aromatic carbocycles. The summed E-state index contributed by atoms with van der Waals surface area (Å²) in [5.41, 5.74) is 5.69. The van der Waals surface area contributed by atoms with Crippen molar-refractivity contribution in [1.29, 1.82) is 0 Å². The molecule has 0 aromatic heterocycles. The molecule has 3 nitrogen and oxygen atoms in total. The molecule has 0 aliphatic rings. The molecule has 3 atom stereocenters. The van der Waals surface area contributed by atoms with Gasteiger partial charge in [0.25, 0.3) is 0 Å². The average Bonchev–Trinajstić information content (AvgIpc) is 2.00. The topological polar surface area (TPSA) is 66.5 Å². The first-order valence-corrected chi connectivity index (χ1v) is 4.49. The molecule has 0 aliphatic carbocycles.